The lowest BCUT2D eigenvalue weighted by Gasteiger charge is -2.10. The summed E-state index contributed by atoms with van der Waals surface area (Å²) in [6, 6.07) is 18.7. The summed E-state index contributed by atoms with van der Waals surface area (Å²) in [6.07, 6.45) is 1.88. The van der Waals surface area contributed by atoms with Gasteiger partial charge in [0.25, 0.3) is 0 Å². The number of nitrogens with one attached hydrogen (secondary N) is 1. The third-order valence-corrected chi connectivity index (χ3v) is 4.52. The van der Waals surface area contributed by atoms with Crippen LogP contribution in [0.5, 0.6) is 5.75 Å². The predicted octanol–water partition coefficient (Wildman–Crippen LogP) is 4.53. The fourth-order valence-corrected chi connectivity index (χ4v) is 3.10. The van der Waals surface area contributed by atoms with Crippen molar-refractivity contribution in [2.24, 2.45) is 5.10 Å². The number of benzene rings is 2. The van der Waals surface area contributed by atoms with E-state index in [0.29, 0.717) is 6.54 Å². The molecule has 0 unspecified atom stereocenters. The molecular formula is C22H25N3O. The molecule has 0 aliphatic rings. The van der Waals surface area contributed by atoms with Gasteiger partial charge in [0.1, 0.15) is 5.75 Å². The SMILES string of the molecule is COc1ccccc1CN/N=C/c1cc(C)n(-c2ccc(C)cc2)c1C. The van der Waals surface area contributed by atoms with E-state index in [4.69, 9.17) is 4.74 Å². The summed E-state index contributed by atoms with van der Waals surface area (Å²) in [5.74, 6) is 0.868. The molecule has 0 atom stereocenters. The van der Waals surface area contributed by atoms with Gasteiger partial charge >= 0.3 is 0 Å². The zero-order valence-corrected chi connectivity index (χ0v) is 15.8. The Balaban J connectivity index is 1.73. The largest absolute Gasteiger partial charge is 0.496 e. The first-order chi connectivity index (χ1) is 12.6. The lowest BCUT2D eigenvalue weighted by atomic mass is 10.2. The van der Waals surface area contributed by atoms with Gasteiger partial charge in [-0.2, -0.15) is 5.10 Å². The number of aromatic nitrogens is 1. The molecule has 0 radical (unpaired) electrons. The van der Waals surface area contributed by atoms with Crippen molar-refractivity contribution in [1.82, 2.24) is 9.99 Å². The van der Waals surface area contributed by atoms with E-state index in [2.05, 4.69) is 66.2 Å². The van der Waals surface area contributed by atoms with Crippen molar-refractivity contribution in [2.75, 3.05) is 7.11 Å². The fourth-order valence-electron chi connectivity index (χ4n) is 3.10. The zero-order valence-electron chi connectivity index (χ0n) is 15.8. The molecule has 0 aliphatic heterocycles. The standard InChI is InChI=1S/C22H25N3O/c1-16-9-11-21(12-10-16)25-17(2)13-20(18(25)3)15-24-23-14-19-7-5-6-8-22(19)26-4/h5-13,15,23H,14H2,1-4H3/b24-15+. The van der Waals surface area contributed by atoms with Crippen molar-refractivity contribution in [1.29, 1.82) is 0 Å². The number of para-hydroxylation sites is 1. The second kappa shape index (κ2) is 7.91. The van der Waals surface area contributed by atoms with E-state index in [0.717, 1.165) is 16.9 Å². The van der Waals surface area contributed by atoms with Gasteiger partial charge in [-0.1, -0.05) is 35.9 Å². The van der Waals surface area contributed by atoms with E-state index in [1.54, 1.807) is 7.11 Å². The maximum Gasteiger partial charge on any atom is 0.123 e. The Morgan fingerprint density at radius 3 is 2.50 bits per heavy atom. The molecule has 26 heavy (non-hydrogen) atoms. The summed E-state index contributed by atoms with van der Waals surface area (Å²) >= 11 is 0. The second-order valence-electron chi connectivity index (χ2n) is 6.40. The maximum atomic E-state index is 5.36. The van der Waals surface area contributed by atoms with Crippen LogP contribution in [0.3, 0.4) is 0 Å². The normalized spacial score (nSPS) is 11.1. The Labute approximate surface area is 155 Å². The maximum absolute atomic E-state index is 5.36. The Morgan fingerprint density at radius 2 is 1.77 bits per heavy atom. The van der Waals surface area contributed by atoms with Crippen LogP contribution in [0.15, 0.2) is 59.7 Å². The summed E-state index contributed by atoms with van der Waals surface area (Å²) < 4.78 is 7.61. The van der Waals surface area contributed by atoms with E-state index in [-0.39, 0.29) is 0 Å². The van der Waals surface area contributed by atoms with E-state index in [1.807, 2.05) is 30.5 Å². The number of rotatable bonds is 6. The predicted molar refractivity (Wildman–Crippen MR) is 107 cm³/mol. The number of nitrogens with zero attached hydrogens (tertiary/aromatic N) is 2. The number of hydrazone groups is 1. The summed E-state index contributed by atoms with van der Waals surface area (Å²) in [7, 11) is 1.68. The fraction of sp³-hybridized carbons (Fsp3) is 0.227. The van der Waals surface area contributed by atoms with Gasteiger partial charge < -0.3 is 14.7 Å². The molecule has 0 saturated heterocycles. The Bertz CT molecular complexity index is 908. The highest BCUT2D eigenvalue weighted by molar-refractivity contribution is 5.82. The molecule has 0 aliphatic carbocycles. The molecule has 1 N–H and O–H groups in total. The molecule has 4 heteroatoms. The molecule has 3 rings (SSSR count). The second-order valence-corrected chi connectivity index (χ2v) is 6.40. The molecule has 0 saturated carbocycles. The van der Waals surface area contributed by atoms with Crippen molar-refractivity contribution < 1.29 is 4.74 Å². The molecule has 134 valence electrons. The highest BCUT2D eigenvalue weighted by Crippen LogP contribution is 2.20. The van der Waals surface area contributed by atoms with Crippen LogP contribution in [0.2, 0.25) is 0 Å². The van der Waals surface area contributed by atoms with Crippen molar-refractivity contribution in [3.63, 3.8) is 0 Å². The molecule has 4 nitrogen and oxygen atoms in total. The number of hydrogen-bond donors (Lipinski definition) is 1. The Kier molecular flexibility index (Phi) is 5.42. The highest BCUT2D eigenvalue weighted by Gasteiger charge is 2.09. The Hall–Kier alpha value is -3.01. The summed E-state index contributed by atoms with van der Waals surface area (Å²) in [5, 5.41) is 4.39. The van der Waals surface area contributed by atoms with Crippen molar-refractivity contribution in [3.8, 4) is 11.4 Å². The average molecular weight is 347 g/mol. The smallest absolute Gasteiger partial charge is 0.123 e. The van der Waals surface area contributed by atoms with Crippen LogP contribution < -0.4 is 10.2 Å². The van der Waals surface area contributed by atoms with Crippen LogP contribution in [-0.2, 0) is 6.54 Å². The van der Waals surface area contributed by atoms with Gasteiger partial charge in [-0.25, -0.2) is 0 Å². The van der Waals surface area contributed by atoms with Crippen LogP contribution in [-0.4, -0.2) is 17.9 Å². The number of hydrogen-bond acceptors (Lipinski definition) is 3. The minimum Gasteiger partial charge on any atom is -0.496 e. The van der Waals surface area contributed by atoms with Gasteiger partial charge in [0.15, 0.2) is 0 Å². The third kappa shape index (κ3) is 3.80. The minimum atomic E-state index is 0.622. The van der Waals surface area contributed by atoms with Gasteiger partial charge in [0.2, 0.25) is 0 Å². The first-order valence-electron chi connectivity index (χ1n) is 8.74. The quantitative estimate of drug-likeness (QED) is 0.525. The summed E-state index contributed by atoms with van der Waals surface area (Å²) in [5.41, 5.74) is 10.1. The topological polar surface area (TPSA) is 38.5 Å². The summed E-state index contributed by atoms with van der Waals surface area (Å²) in [4.78, 5) is 0. The molecule has 3 aromatic rings. The van der Waals surface area contributed by atoms with Crippen molar-refractivity contribution >= 4 is 6.21 Å². The molecule has 1 heterocycles. The first kappa shape index (κ1) is 17.8. The molecule has 2 aromatic carbocycles. The van der Waals surface area contributed by atoms with Gasteiger partial charge in [-0.3, -0.25) is 0 Å². The van der Waals surface area contributed by atoms with E-state index in [9.17, 15) is 0 Å². The first-order valence-corrected chi connectivity index (χ1v) is 8.74. The molecule has 0 amide bonds. The van der Waals surface area contributed by atoms with Crippen LogP contribution in [0.4, 0.5) is 0 Å². The van der Waals surface area contributed by atoms with Crippen molar-refractivity contribution in [3.05, 3.63) is 82.7 Å². The number of methoxy groups -OCH3 is 1. The van der Waals surface area contributed by atoms with Crippen LogP contribution in [0.25, 0.3) is 5.69 Å². The van der Waals surface area contributed by atoms with E-state index < -0.39 is 0 Å². The van der Waals surface area contributed by atoms with Gasteiger partial charge in [-0.05, 0) is 45.0 Å². The van der Waals surface area contributed by atoms with E-state index in [1.165, 1.54) is 22.6 Å². The number of aryl methyl sites for hydroxylation is 2. The van der Waals surface area contributed by atoms with Crippen LogP contribution in [0.1, 0.15) is 28.1 Å². The minimum absolute atomic E-state index is 0.622. The third-order valence-electron chi connectivity index (χ3n) is 4.52. The van der Waals surface area contributed by atoms with Gasteiger partial charge in [0, 0.05) is 28.2 Å². The van der Waals surface area contributed by atoms with Crippen LogP contribution in [0, 0.1) is 20.8 Å². The molecule has 1 aromatic heterocycles. The monoisotopic (exact) mass is 347 g/mol. The molecule has 0 fully saturated rings. The van der Waals surface area contributed by atoms with E-state index >= 15 is 0 Å². The van der Waals surface area contributed by atoms with Gasteiger partial charge in [0.05, 0.1) is 19.9 Å². The lowest BCUT2D eigenvalue weighted by Crippen LogP contribution is -2.07. The highest BCUT2D eigenvalue weighted by atomic mass is 16.5. The van der Waals surface area contributed by atoms with Gasteiger partial charge in [-0.15, -0.1) is 0 Å². The molecular weight excluding hydrogens is 322 g/mol. The van der Waals surface area contributed by atoms with Crippen LogP contribution >= 0.6 is 0 Å². The molecule has 0 spiro atoms. The Morgan fingerprint density at radius 1 is 1.04 bits per heavy atom. The number of ether oxygens (including phenoxy) is 1. The summed E-state index contributed by atoms with van der Waals surface area (Å²) in [6.45, 7) is 6.96. The molecule has 0 bridgehead atoms. The lowest BCUT2D eigenvalue weighted by molar-refractivity contribution is 0.408. The van der Waals surface area contributed by atoms with Crippen molar-refractivity contribution in [2.45, 2.75) is 27.3 Å². The zero-order chi connectivity index (χ0) is 18.5. The average Bonchev–Trinajstić information content (AvgIpc) is 2.93.